The van der Waals surface area contributed by atoms with E-state index in [0.29, 0.717) is 0 Å². The molecule has 7 heteroatoms. The van der Waals surface area contributed by atoms with E-state index in [4.69, 9.17) is 0 Å². The van der Waals surface area contributed by atoms with Gasteiger partial charge in [0, 0.05) is 37.2 Å². The van der Waals surface area contributed by atoms with E-state index in [9.17, 15) is 4.79 Å². The molecule has 0 saturated carbocycles. The molecule has 1 aromatic carbocycles. The lowest BCUT2D eigenvalue weighted by molar-refractivity contribution is -0.883. The molecule has 0 bridgehead atoms. The van der Waals surface area contributed by atoms with Crippen LogP contribution in [-0.4, -0.2) is 68.1 Å². The van der Waals surface area contributed by atoms with E-state index >= 15 is 0 Å². The molecule has 1 aliphatic rings. The minimum Gasteiger partial charge on any atom is -0.363 e. The number of carbonyl (C=O) groups excluding carboxylic acids is 1. The van der Waals surface area contributed by atoms with Gasteiger partial charge in [0.1, 0.15) is 5.82 Å². The molecular weight excluding hydrogens is 358 g/mol. The fourth-order valence-electron chi connectivity index (χ4n) is 3.04. The highest BCUT2D eigenvalue weighted by molar-refractivity contribution is 7.98. The number of likely N-dealkylation sites (N-methyl/N-ethyl adjacent to an activating group) is 1. The molecule has 0 atom stereocenters. The zero-order chi connectivity index (χ0) is 19.4. The first kappa shape index (κ1) is 19.6. The molecule has 1 saturated heterocycles. The number of nitrogens with zero attached hydrogens (tertiary/aromatic N) is 4. The van der Waals surface area contributed by atoms with Crippen molar-refractivity contribution < 1.29 is 9.69 Å². The predicted molar refractivity (Wildman–Crippen MR) is 110 cm³/mol. The van der Waals surface area contributed by atoms with Crippen LogP contribution in [0.4, 0.5) is 5.82 Å². The van der Waals surface area contributed by atoms with Gasteiger partial charge in [0.25, 0.3) is 5.91 Å². The van der Waals surface area contributed by atoms with Gasteiger partial charge in [0.05, 0.1) is 33.2 Å². The van der Waals surface area contributed by atoms with Crippen LogP contribution >= 0.6 is 11.8 Å². The number of rotatable bonds is 5. The van der Waals surface area contributed by atoms with E-state index in [1.54, 1.807) is 11.8 Å². The summed E-state index contributed by atoms with van der Waals surface area (Å²) in [6.45, 7) is 5.67. The lowest BCUT2D eigenvalue weighted by Gasteiger charge is -2.30. The maximum Gasteiger partial charge on any atom is 0.254 e. The van der Waals surface area contributed by atoms with E-state index in [1.165, 1.54) is 4.90 Å². The molecule has 1 aromatic heterocycles. The molecular formula is C20H28N5OS+. The molecule has 0 radical (unpaired) electrons. The molecule has 27 heavy (non-hydrogen) atoms. The third-order valence-electron chi connectivity index (χ3n) is 4.72. The van der Waals surface area contributed by atoms with E-state index < -0.39 is 0 Å². The van der Waals surface area contributed by atoms with Gasteiger partial charge in [-0.3, -0.25) is 4.79 Å². The Morgan fingerprint density at radius 1 is 1.22 bits per heavy atom. The topological polar surface area (TPSA) is 53.8 Å². The number of carbonyl (C=O) groups is 1. The van der Waals surface area contributed by atoms with Gasteiger partial charge in [-0.25, -0.2) is 9.97 Å². The summed E-state index contributed by atoms with van der Waals surface area (Å²) in [6, 6.07) is 9.91. The van der Waals surface area contributed by atoms with Crippen LogP contribution in [0.5, 0.6) is 0 Å². The molecule has 0 aliphatic carbocycles. The van der Waals surface area contributed by atoms with Crippen LogP contribution in [0.2, 0.25) is 0 Å². The molecule has 1 N–H and O–H groups in total. The van der Waals surface area contributed by atoms with Gasteiger partial charge in [-0.2, -0.15) is 0 Å². The van der Waals surface area contributed by atoms with E-state index in [-0.39, 0.29) is 5.91 Å². The second-order valence-electron chi connectivity index (χ2n) is 7.28. The highest BCUT2D eigenvalue weighted by atomic mass is 32.2. The van der Waals surface area contributed by atoms with E-state index in [0.717, 1.165) is 59.7 Å². The number of benzene rings is 1. The van der Waals surface area contributed by atoms with Crippen molar-refractivity contribution in [2.45, 2.75) is 17.8 Å². The number of piperazine rings is 1. The number of hydrogen-bond donors (Lipinski definition) is 1. The summed E-state index contributed by atoms with van der Waals surface area (Å²) < 4.78 is 0. The molecule has 0 spiro atoms. The summed E-state index contributed by atoms with van der Waals surface area (Å²) in [7, 11) is 6.13. The Morgan fingerprint density at radius 2 is 1.96 bits per heavy atom. The van der Waals surface area contributed by atoms with Crippen molar-refractivity contribution in [3.63, 3.8) is 0 Å². The van der Waals surface area contributed by atoms with Gasteiger partial charge >= 0.3 is 0 Å². The monoisotopic (exact) mass is 386 g/mol. The van der Waals surface area contributed by atoms with E-state index in [1.807, 2.05) is 55.1 Å². The van der Waals surface area contributed by atoms with Crippen molar-refractivity contribution in [1.82, 2.24) is 14.9 Å². The molecule has 2 aromatic rings. The second kappa shape index (κ2) is 8.71. The zero-order valence-electron chi connectivity index (χ0n) is 16.5. The van der Waals surface area contributed by atoms with Gasteiger partial charge in [-0.05, 0) is 24.6 Å². The summed E-state index contributed by atoms with van der Waals surface area (Å²) in [5.74, 6) is 1.78. The SMILES string of the molecule is Cc1cc(N(C)C)nc(SCc2cccc(C(=O)N3CC[NH+](C)CC3)c2)n1. The first-order valence-corrected chi connectivity index (χ1v) is 10.3. The normalized spacial score (nSPS) is 15.0. The Morgan fingerprint density at radius 3 is 2.67 bits per heavy atom. The van der Waals surface area contributed by atoms with Crippen LogP contribution in [0, 0.1) is 6.92 Å². The highest BCUT2D eigenvalue weighted by Gasteiger charge is 2.22. The number of anilines is 1. The van der Waals surface area contributed by atoms with Gasteiger partial charge in [-0.1, -0.05) is 23.9 Å². The molecule has 144 valence electrons. The minimum atomic E-state index is 0.135. The molecule has 1 fully saturated rings. The quantitative estimate of drug-likeness (QED) is 0.616. The number of thioether (sulfide) groups is 1. The molecule has 6 nitrogen and oxygen atoms in total. The second-order valence-corrected chi connectivity index (χ2v) is 8.23. The maximum atomic E-state index is 12.8. The number of aryl methyl sites for hydroxylation is 1. The fourth-order valence-corrected chi connectivity index (χ4v) is 3.88. The van der Waals surface area contributed by atoms with Crippen LogP contribution in [0.3, 0.4) is 0 Å². The average molecular weight is 387 g/mol. The number of aromatic nitrogens is 2. The molecule has 1 amide bonds. The standard InChI is InChI=1S/C20H27N5OS/c1-15-12-18(23(2)3)22-20(21-15)27-14-16-6-5-7-17(13-16)19(26)25-10-8-24(4)9-11-25/h5-7,12-13H,8-11,14H2,1-4H3/p+1. The number of hydrogen-bond acceptors (Lipinski definition) is 5. The summed E-state index contributed by atoms with van der Waals surface area (Å²) in [6.07, 6.45) is 0. The van der Waals surface area contributed by atoms with Crippen molar-refractivity contribution in [2.24, 2.45) is 0 Å². The Bertz CT molecular complexity index is 803. The smallest absolute Gasteiger partial charge is 0.254 e. The largest absolute Gasteiger partial charge is 0.363 e. The Balaban J connectivity index is 1.67. The zero-order valence-corrected chi connectivity index (χ0v) is 17.3. The highest BCUT2D eigenvalue weighted by Crippen LogP contribution is 2.23. The first-order chi connectivity index (χ1) is 12.9. The Kier molecular flexibility index (Phi) is 6.34. The van der Waals surface area contributed by atoms with Gasteiger partial charge in [-0.15, -0.1) is 0 Å². The Labute approximate surface area is 165 Å². The number of amides is 1. The van der Waals surface area contributed by atoms with Gasteiger partial charge < -0.3 is 14.7 Å². The minimum absolute atomic E-state index is 0.135. The van der Waals surface area contributed by atoms with Crippen LogP contribution < -0.4 is 9.80 Å². The lowest BCUT2D eigenvalue weighted by atomic mass is 10.1. The molecule has 3 rings (SSSR count). The van der Waals surface area contributed by atoms with Crippen LogP contribution in [-0.2, 0) is 5.75 Å². The fraction of sp³-hybridized carbons (Fsp3) is 0.450. The average Bonchev–Trinajstić information content (AvgIpc) is 2.66. The summed E-state index contributed by atoms with van der Waals surface area (Å²) in [5, 5.41) is 0.762. The summed E-state index contributed by atoms with van der Waals surface area (Å²) in [5.41, 5.74) is 2.84. The number of nitrogens with one attached hydrogen (secondary N) is 1. The molecule has 2 heterocycles. The number of quaternary nitrogens is 1. The summed E-state index contributed by atoms with van der Waals surface area (Å²) >= 11 is 1.60. The third kappa shape index (κ3) is 5.20. The molecule has 1 aliphatic heterocycles. The van der Waals surface area contributed by atoms with Gasteiger partial charge in [0.15, 0.2) is 5.16 Å². The van der Waals surface area contributed by atoms with Crippen LogP contribution in [0.15, 0.2) is 35.5 Å². The van der Waals surface area contributed by atoms with Crippen molar-refractivity contribution in [1.29, 1.82) is 0 Å². The van der Waals surface area contributed by atoms with Crippen molar-refractivity contribution in [3.8, 4) is 0 Å². The lowest BCUT2D eigenvalue weighted by Crippen LogP contribution is -3.12. The maximum absolute atomic E-state index is 12.8. The Hall–Kier alpha value is -2.12. The van der Waals surface area contributed by atoms with Crippen molar-refractivity contribution >= 4 is 23.5 Å². The molecule has 0 unspecified atom stereocenters. The third-order valence-corrected chi connectivity index (χ3v) is 5.64. The first-order valence-electron chi connectivity index (χ1n) is 9.27. The van der Waals surface area contributed by atoms with Gasteiger partial charge in [0.2, 0.25) is 0 Å². The van der Waals surface area contributed by atoms with Crippen LogP contribution in [0.1, 0.15) is 21.6 Å². The van der Waals surface area contributed by atoms with Crippen LogP contribution in [0.25, 0.3) is 0 Å². The predicted octanol–water partition coefficient (Wildman–Crippen LogP) is 1.11. The van der Waals surface area contributed by atoms with Crippen molar-refractivity contribution in [2.75, 3.05) is 52.2 Å². The van der Waals surface area contributed by atoms with Crippen molar-refractivity contribution in [3.05, 3.63) is 47.2 Å². The summed E-state index contributed by atoms with van der Waals surface area (Å²) in [4.78, 5) is 27.3. The van der Waals surface area contributed by atoms with E-state index in [2.05, 4.69) is 23.1 Å².